The second-order valence-electron chi connectivity index (χ2n) is 9.18. The van der Waals surface area contributed by atoms with Crippen LogP contribution in [0.15, 0.2) is 30.3 Å². The number of nitrogens with one attached hydrogen (secondary N) is 2. The van der Waals surface area contributed by atoms with Crippen LogP contribution in [0.2, 0.25) is 0 Å². The molecule has 3 fully saturated rings. The minimum atomic E-state index is -0.746. The van der Waals surface area contributed by atoms with Gasteiger partial charge in [-0.3, -0.25) is 14.4 Å². The summed E-state index contributed by atoms with van der Waals surface area (Å²) < 4.78 is -0.680. The molecule has 3 amide bonds. The van der Waals surface area contributed by atoms with Gasteiger partial charge in [-0.25, -0.2) is 0 Å². The molecule has 3 aliphatic rings. The van der Waals surface area contributed by atoms with Crippen LogP contribution in [-0.2, 0) is 14.4 Å². The second-order valence-corrected chi connectivity index (χ2v) is 10.7. The maximum Gasteiger partial charge on any atom is 0.244 e. The van der Waals surface area contributed by atoms with Gasteiger partial charge in [-0.1, -0.05) is 37.3 Å². The zero-order valence-electron chi connectivity index (χ0n) is 18.4. The van der Waals surface area contributed by atoms with Crippen molar-refractivity contribution in [3.8, 4) is 0 Å². The Morgan fingerprint density at radius 2 is 1.94 bits per heavy atom. The van der Waals surface area contributed by atoms with Gasteiger partial charge in [0.25, 0.3) is 0 Å². The van der Waals surface area contributed by atoms with Crippen molar-refractivity contribution >= 4 is 29.5 Å². The van der Waals surface area contributed by atoms with Crippen molar-refractivity contribution in [1.82, 2.24) is 15.5 Å². The molecule has 3 aliphatic heterocycles. The monoisotopic (exact) mass is 445 g/mol. The molecule has 2 bridgehead atoms. The summed E-state index contributed by atoms with van der Waals surface area (Å²) in [6.45, 7) is 5.58. The number of carbonyl (C=O) groups is 3. The van der Waals surface area contributed by atoms with Crippen LogP contribution in [-0.4, -0.2) is 63.5 Å². The zero-order chi connectivity index (χ0) is 22.5. The topological polar surface area (TPSA) is 98.7 Å². The maximum absolute atomic E-state index is 14.0. The number of nitrogens with zero attached hydrogens (tertiary/aromatic N) is 1. The normalized spacial score (nSPS) is 34.7. The van der Waals surface area contributed by atoms with Crippen LogP contribution in [0.3, 0.4) is 0 Å². The van der Waals surface area contributed by atoms with E-state index in [1.54, 1.807) is 23.7 Å². The highest BCUT2D eigenvalue weighted by Crippen LogP contribution is 2.69. The van der Waals surface area contributed by atoms with Crippen molar-refractivity contribution in [2.24, 2.45) is 17.8 Å². The van der Waals surface area contributed by atoms with Crippen molar-refractivity contribution in [2.45, 2.75) is 55.3 Å². The summed E-state index contributed by atoms with van der Waals surface area (Å²) in [6, 6.07) is 7.84. The molecular weight excluding hydrogens is 414 g/mol. The lowest BCUT2D eigenvalue weighted by atomic mass is 9.66. The van der Waals surface area contributed by atoms with E-state index < -0.39 is 28.7 Å². The standard InChI is InChI=1S/C23H31N3O4S/c1-12(2)25-21(29)19-23-13(3)10-16(31-23)17(20(28)24-4)18(23)22(30)26(19)15(11-27)14-8-6-5-7-9-14/h5-9,12-13,15-19,27H,10-11H2,1-4H3,(H,24,28)(H,25,29)/t13?,15-,16+,17-,18+,19?,23?/m1/s1. The molecule has 8 heteroatoms. The molecular formula is C23H31N3O4S. The van der Waals surface area contributed by atoms with E-state index in [1.165, 1.54) is 0 Å². The molecule has 1 spiro atoms. The van der Waals surface area contributed by atoms with Gasteiger partial charge in [0.15, 0.2) is 0 Å². The predicted molar refractivity (Wildman–Crippen MR) is 119 cm³/mol. The Balaban J connectivity index is 1.85. The van der Waals surface area contributed by atoms with Crippen molar-refractivity contribution in [3.63, 3.8) is 0 Å². The molecule has 3 unspecified atom stereocenters. The number of hydrogen-bond donors (Lipinski definition) is 3. The smallest absolute Gasteiger partial charge is 0.244 e. The summed E-state index contributed by atoms with van der Waals surface area (Å²) >= 11 is 1.64. The van der Waals surface area contributed by atoms with Crippen molar-refractivity contribution < 1.29 is 19.5 Å². The lowest BCUT2D eigenvalue weighted by Gasteiger charge is -2.40. The number of hydrogen-bond acceptors (Lipinski definition) is 5. The van der Waals surface area contributed by atoms with Crippen LogP contribution in [0.5, 0.6) is 0 Å². The number of benzene rings is 1. The first-order valence-electron chi connectivity index (χ1n) is 11.0. The van der Waals surface area contributed by atoms with Crippen LogP contribution < -0.4 is 10.6 Å². The third-order valence-corrected chi connectivity index (χ3v) is 9.18. The van der Waals surface area contributed by atoms with Gasteiger partial charge in [0.2, 0.25) is 17.7 Å². The van der Waals surface area contributed by atoms with Gasteiger partial charge < -0.3 is 20.6 Å². The molecule has 1 aromatic rings. The summed E-state index contributed by atoms with van der Waals surface area (Å²) in [6.07, 6.45) is 0.793. The molecule has 7 nitrogen and oxygen atoms in total. The molecule has 3 N–H and O–H groups in total. The molecule has 168 valence electrons. The van der Waals surface area contributed by atoms with Crippen molar-refractivity contribution in [3.05, 3.63) is 35.9 Å². The van der Waals surface area contributed by atoms with Gasteiger partial charge in [-0.05, 0) is 31.7 Å². The van der Waals surface area contributed by atoms with Gasteiger partial charge in [0.1, 0.15) is 6.04 Å². The van der Waals surface area contributed by atoms with Crippen molar-refractivity contribution in [2.75, 3.05) is 13.7 Å². The molecule has 0 radical (unpaired) electrons. The molecule has 31 heavy (non-hydrogen) atoms. The largest absolute Gasteiger partial charge is 0.394 e. The van der Waals surface area contributed by atoms with Crippen LogP contribution in [0, 0.1) is 17.8 Å². The molecule has 0 aliphatic carbocycles. The Morgan fingerprint density at radius 3 is 2.52 bits per heavy atom. The van der Waals surface area contributed by atoms with E-state index in [4.69, 9.17) is 0 Å². The second kappa shape index (κ2) is 8.13. The van der Waals surface area contributed by atoms with Gasteiger partial charge in [-0.2, -0.15) is 0 Å². The minimum Gasteiger partial charge on any atom is -0.394 e. The number of aliphatic hydroxyl groups excluding tert-OH is 1. The SMILES string of the molecule is CNC(=O)[C@@H]1[C@@H]2CC(C)C3(S2)C(C(=O)NC(C)C)N([C@H](CO)c2ccccc2)C(=O)[C@H]13. The number of thioether (sulfide) groups is 1. The van der Waals surface area contributed by atoms with Crippen LogP contribution >= 0.6 is 11.8 Å². The lowest BCUT2D eigenvalue weighted by Crippen LogP contribution is -2.58. The maximum atomic E-state index is 14.0. The van der Waals surface area contributed by atoms with E-state index in [0.29, 0.717) is 0 Å². The Morgan fingerprint density at radius 1 is 1.26 bits per heavy atom. The van der Waals surface area contributed by atoms with Crippen LogP contribution in [0.4, 0.5) is 0 Å². The first-order valence-corrected chi connectivity index (χ1v) is 11.8. The molecule has 7 atom stereocenters. The van der Waals surface area contributed by atoms with E-state index in [9.17, 15) is 19.5 Å². The molecule has 4 rings (SSSR count). The van der Waals surface area contributed by atoms with Gasteiger partial charge in [0.05, 0.1) is 29.2 Å². The van der Waals surface area contributed by atoms with E-state index in [0.717, 1.165) is 12.0 Å². The Labute approximate surface area is 187 Å². The zero-order valence-corrected chi connectivity index (χ0v) is 19.2. The van der Waals surface area contributed by atoms with Crippen LogP contribution in [0.25, 0.3) is 0 Å². The number of carbonyl (C=O) groups excluding carboxylic acids is 3. The number of likely N-dealkylation sites (tertiary alicyclic amines) is 1. The molecule has 3 heterocycles. The van der Waals surface area contributed by atoms with Crippen molar-refractivity contribution in [1.29, 1.82) is 0 Å². The fraction of sp³-hybridized carbons (Fsp3) is 0.609. The first-order chi connectivity index (χ1) is 14.8. The summed E-state index contributed by atoms with van der Waals surface area (Å²) in [5.74, 6) is -1.50. The average molecular weight is 446 g/mol. The highest BCUT2D eigenvalue weighted by molar-refractivity contribution is 8.02. The number of amides is 3. The molecule has 0 saturated carbocycles. The van der Waals surface area contributed by atoms with Gasteiger partial charge in [-0.15, -0.1) is 11.8 Å². The lowest BCUT2D eigenvalue weighted by molar-refractivity contribution is -0.143. The third kappa shape index (κ3) is 3.18. The molecule has 3 saturated heterocycles. The third-order valence-electron chi connectivity index (χ3n) is 7.10. The van der Waals surface area contributed by atoms with Gasteiger partial charge in [0, 0.05) is 18.3 Å². The summed E-state index contributed by atoms with van der Waals surface area (Å²) in [4.78, 5) is 41.9. The number of aliphatic hydroxyl groups is 1. The van der Waals surface area contributed by atoms with E-state index in [1.807, 2.05) is 44.2 Å². The average Bonchev–Trinajstić information content (AvgIpc) is 3.33. The molecule has 1 aromatic carbocycles. The summed E-state index contributed by atoms with van der Waals surface area (Å²) in [5.41, 5.74) is 0.778. The quantitative estimate of drug-likeness (QED) is 0.614. The Bertz CT molecular complexity index is 879. The minimum absolute atomic E-state index is 0.0182. The van der Waals surface area contributed by atoms with E-state index in [-0.39, 0.29) is 41.5 Å². The first kappa shape index (κ1) is 22.1. The summed E-state index contributed by atoms with van der Waals surface area (Å²) in [7, 11) is 1.59. The Hall–Kier alpha value is -2.06. The number of rotatable bonds is 6. The fourth-order valence-electron chi connectivity index (χ4n) is 5.95. The Kier molecular flexibility index (Phi) is 5.81. The van der Waals surface area contributed by atoms with E-state index in [2.05, 4.69) is 17.6 Å². The predicted octanol–water partition coefficient (Wildman–Crippen LogP) is 1.33. The summed E-state index contributed by atoms with van der Waals surface area (Å²) in [5, 5.41) is 16.1. The highest BCUT2D eigenvalue weighted by atomic mass is 32.2. The highest BCUT2D eigenvalue weighted by Gasteiger charge is 2.76. The van der Waals surface area contributed by atoms with E-state index >= 15 is 0 Å². The van der Waals surface area contributed by atoms with Crippen LogP contribution in [0.1, 0.15) is 38.8 Å². The van der Waals surface area contributed by atoms with Gasteiger partial charge >= 0.3 is 0 Å². The fourth-order valence-corrected chi connectivity index (χ4v) is 8.36. The number of fused-ring (bicyclic) bond motifs is 1. The molecule has 0 aromatic heterocycles.